The highest BCUT2D eigenvalue weighted by Gasteiger charge is 2.15. The van der Waals surface area contributed by atoms with Crippen molar-refractivity contribution in [3.63, 3.8) is 0 Å². The number of aromatic nitrogens is 2. The standard InChI is InChI=1S/C17H24N4/c1-15(14-20-10-5-6-11-20)13-19-17-18-9-12-21(17)16-7-3-2-4-8-16/h2-4,7-9,12,15H,5-6,10-11,13-14H2,1H3,(H,18,19). The summed E-state index contributed by atoms with van der Waals surface area (Å²) in [6.45, 7) is 6.98. The van der Waals surface area contributed by atoms with Gasteiger partial charge >= 0.3 is 0 Å². The summed E-state index contributed by atoms with van der Waals surface area (Å²) in [5, 5.41) is 3.49. The minimum atomic E-state index is 0.629. The maximum absolute atomic E-state index is 4.43. The topological polar surface area (TPSA) is 33.1 Å². The van der Waals surface area contributed by atoms with Gasteiger partial charge in [0.05, 0.1) is 0 Å². The number of rotatable bonds is 6. The zero-order valence-corrected chi connectivity index (χ0v) is 12.7. The van der Waals surface area contributed by atoms with E-state index in [0.717, 1.165) is 18.2 Å². The van der Waals surface area contributed by atoms with Crippen molar-refractivity contribution in [1.82, 2.24) is 14.5 Å². The Labute approximate surface area is 126 Å². The number of hydrogen-bond acceptors (Lipinski definition) is 3. The van der Waals surface area contributed by atoms with Gasteiger partial charge in [-0.2, -0.15) is 0 Å². The van der Waals surface area contributed by atoms with E-state index < -0.39 is 0 Å². The molecule has 1 saturated heterocycles. The zero-order valence-electron chi connectivity index (χ0n) is 12.7. The average molecular weight is 284 g/mol. The summed E-state index contributed by atoms with van der Waals surface area (Å²) in [6, 6.07) is 10.3. The van der Waals surface area contributed by atoms with Crippen LogP contribution >= 0.6 is 0 Å². The fourth-order valence-corrected chi connectivity index (χ4v) is 2.97. The lowest BCUT2D eigenvalue weighted by Crippen LogP contribution is -2.29. The van der Waals surface area contributed by atoms with Crippen molar-refractivity contribution >= 4 is 5.95 Å². The first kappa shape index (κ1) is 14.1. The molecule has 0 aliphatic carbocycles. The van der Waals surface area contributed by atoms with Crippen LogP contribution in [0.1, 0.15) is 19.8 Å². The molecule has 4 heteroatoms. The van der Waals surface area contributed by atoms with E-state index in [1.165, 1.54) is 32.5 Å². The Morgan fingerprint density at radius 1 is 1.19 bits per heavy atom. The highest BCUT2D eigenvalue weighted by atomic mass is 15.2. The van der Waals surface area contributed by atoms with Crippen LogP contribution in [0.2, 0.25) is 0 Å². The van der Waals surface area contributed by atoms with E-state index in [1.54, 1.807) is 0 Å². The molecule has 4 nitrogen and oxygen atoms in total. The largest absolute Gasteiger partial charge is 0.355 e. The van der Waals surface area contributed by atoms with Crippen LogP contribution in [0.15, 0.2) is 42.7 Å². The van der Waals surface area contributed by atoms with Gasteiger partial charge < -0.3 is 10.2 Å². The minimum Gasteiger partial charge on any atom is -0.355 e. The van der Waals surface area contributed by atoms with Gasteiger partial charge in [-0.05, 0) is 44.0 Å². The SMILES string of the molecule is CC(CNc1nccn1-c1ccccc1)CN1CCCC1. The van der Waals surface area contributed by atoms with Crippen LogP contribution in [-0.4, -0.2) is 40.6 Å². The summed E-state index contributed by atoms with van der Waals surface area (Å²) in [4.78, 5) is 7.00. The Morgan fingerprint density at radius 3 is 2.71 bits per heavy atom. The molecule has 112 valence electrons. The maximum atomic E-state index is 4.43. The summed E-state index contributed by atoms with van der Waals surface area (Å²) in [6.07, 6.45) is 6.57. The molecule has 0 spiro atoms. The summed E-state index contributed by atoms with van der Waals surface area (Å²) in [5.74, 6) is 1.55. The highest BCUT2D eigenvalue weighted by molar-refractivity contribution is 5.41. The number of hydrogen-bond donors (Lipinski definition) is 1. The summed E-state index contributed by atoms with van der Waals surface area (Å²) in [7, 11) is 0. The van der Waals surface area contributed by atoms with Crippen LogP contribution in [0.3, 0.4) is 0 Å². The Kier molecular flexibility index (Phi) is 4.55. The normalized spacial score (nSPS) is 17.0. The number of anilines is 1. The van der Waals surface area contributed by atoms with Gasteiger partial charge in [-0.15, -0.1) is 0 Å². The minimum absolute atomic E-state index is 0.629. The Morgan fingerprint density at radius 2 is 1.95 bits per heavy atom. The Balaban J connectivity index is 1.57. The Bertz CT molecular complexity index is 543. The molecule has 1 unspecified atom stereocenters. The summed E-state index contributed by atoms with van der Waals surface area (Å²) in [5.41, 5.74) is 1.14. The summed E-state index contributed by atoms with van der Waals surface area (Å²) < 4.78 is 2.10. The first-order valence-corrected chi connectivity index (χ1v) is 7.88. The molecule has 1 aliphatic rings. The van der Waals surface area contributed by atoms with E-state index >= 15 is 0 Å². The zero-order chi connectivity index (χ0) is 14.5. The number of likely N-dealkylation sites (tertiary alicyclic amines) is 1. The van der Waals surface area contributed by atoms with Crippen molar-refractivity contribution in [3.05, 3.63) is 42.7 Å². The molecule has 21 heavy (non-hydrogen) atoms. The number of imidazole rings is 1. The molecule has 0 saturated carbocycles. The van der Waals surface area contributed by atoms with E-state index in [4.69, 9.17) is 0 Å². The van der Waals surface area contributed by atoms with Crippen molar-refractivity contribution < 1.29 is 0 Å². The molecule has 2 aromatic rings. The second-order valence-corrected chi connectivity index (χ2v) is 5.95. The molecule has 2 heterocycles. The van der Waals surface area contributed by atoms with Gasteiger partial charge in [0, 0.05) is 31.2 Å². The lowest BCUT2D eigenvalue weighted by molar-refractivity contribution is 0.294. The van der Waals surface area contributed by atoms with Gasteiger partial charge in [-0.25, -0.2) is 4.98 Å². The van der Waals surface area contributed by atoms with Crippen LogP contribution in [0.5, 0.6) is 0 Å². The van der Waals surface area contributed by atoms with Crippen molar-refractivity contribution in [2.75, 3.05) is 31.5 Å². The Hall–Kier alpha value is -1.81. The smallest absolute Gasteiger partial charge is 0.207 e. The third-order valence-electron chi connectivity index (χ3n) is 4.05. The molecule has 0 amide bonds. The van der Waals surface area contributed by atoms with Gasteiger partial charge in [0.25, 0.3) is 0 Å². The molecule has 1 atom stereocenters. The van der Waals surface area contributed by atoms with Crippen molar-refractivity contribution in [1.29, 1.82) is 0 Å². The maximum Gasteiger partial charge on any atom is 0.207 e. The van der Waals surface area contributed by atoms with Crippen LogP contribution in [-0.2, 0) is 0 Å². The molecule has 1 fully saturated rings. The molecule has 3 rings (SSSR count). The van der Waals surface area contributed by atoms with Gasteiger partial charge in [-0.1, -0.05) is 25.1 Å². The fraction of sp³-hybridized carbons (Fsp3) is 0.471. The number of nitrogens with one attached hydrogen (secondary N) is 1. The van der Waals surface area contributed by atoms with Crippen LogP contribution in [0.25, 0.3) is 5.69 Å². The molecular formula is C17H24N4. The van der Waals surface area contributed by atoms with Gasteiger partial charge in [0.1, 0.15) is 0 Å². The molecule has 0 radical (unpaired) electrons. The third kappa shape index (κ3) is 3.64. The highest BCUT2D eigenvalue weighted by Crippen LogP contribution is 2.15. The number of para-hydroxylation sites is 1. The molecule has 1 N–H and O–H groups in total. The van der Waals surface area contributed by atoms with Crippen LogP contribution < -0.4 is 5.32 Å². The molecule has 1 aromatic heterocycles. The van der Waals surface area contributed by atoms with E-state index in [1.807, 2.05) is 18.5 Å². The van der Waals surface area contributed by atoms with Crippen LogP contribution in [0.4, 0.5) is 5.95 Å². The third-order valence-corrected chi connectivity index (χ3v) is 4.05. The van der Waals surface area contributed by atoms with Crippen molar-refractivity contribution in [2.24, 2.45) is 5.92 Å². The van der Waals surface area contributed by atoms with Gasteiger partial charge in [0.15, 0.2) is 0 Å². The van der Waals surface area contributed by atoms with E-state index in [-0.39, 0.29) is 0 Å². The first-order chi connectivity index (χ1) is 10.3. The van der Waals surface area contributed by atoms with E-state index in [0.29, 0.717) is 5.92 Å². The van der Waals surface area contributed by atoms with Crippen LogP contribution in [0, 0.1) is 5.92 Å². The molecule has 1 aromatic carbocycles. The van der Waals surface area contributed by atoms with E-state index in [9.17, 15) is 0 Å². The lowest BCUT2D eigenvalue weighted by atomic mass is 10.1. The second-order valence-electron chi connectivity index (χ2n) is 5.95. The average Bonchev–Trinajstić information content (AvgIpc) is 3.17. The monoisotopic (exact) mass is 284 g/mol. The molecule has 0 bridgehead atoms. The van der Waals surface area contributed by atoms with Gasteiger partial charge in [0.2, 0.25) is 5.95 Å². The van der Waals surface area contributed by atoms with Gasteiger partial charge in [-0.3, -0.25) is 4.57 Å². The predicted octanol–water partition coefficient (Wildman–Crippen LogP) is 3.02. The van der Waals surface area contributed by atoms with E-state index in [2.05, 4.69) is 51.0 Å². The summed E-state index contributed by atoms with van der Waals surface area (Å²) >= 11 is 0. The quantitative estimate of drug-likeness (QED) is 0.885. The number of benzene rings is 1. The first-order valence-electron chi connectivity index (χ1n) is 7.88. The predicted molar refractivity (Wildman–Crippen MR) is 86.9 cm³/mol. The lowest BCUT2D eigenvalue weighted by Gasteiger charge is -2.20. The van der Waals surface area contributed by atoms with Crippen molar-refractivity contribution in [2.45, 2.75) is 19.8 Å². The molecule has 1 aliphatic heterocycles. The van der Waals surface area contributed by atoms with Crippen molar-refractivity contribution in [3.8, 4) is 5.69 Å². The molecular weight excluding hydrogens is 260 g/mol. The second kappa shape index (κ2) is 6.76. The number of nitrogens with zero attached hydrogens (tertiary/aromatic N) is 3. The fourth-order valence-electron chi connectivity index (χ4n) is 2.97.